The average molecular weight is 199 g/mol. The summed E-state index contributed by atoms with van der Waals surface area (Å²) in [6, 6.07) is 9.29. The third-order valence-corrected chi connectivity index (χ3v) is 2.56. The predicted octanol–water partition coefficient (Wildman–Crippen LogP) is 2.58. The number of hydrogen-bond acceptors (Lipinski definition) is 2. The highest BCUT2D eigenvalue weighted by Crippen LogP contribution is 2.28. The molecule has 74 valence electrons. The molecule has 2 aromatic heterocycles. The van der Waals surface area contributed by atoms with Crippen LogP contribution in [-0.2, 0) is 0 Å². The largest absolute Gasteiger partial charge is 0.454 e. The summed E-state index contributed by atoms with van der Waals surface area (Å²) in [5.74, 6) is 0. The summed E-state index contributed by atoms with van der Waals surface area (Å²) in [6.45, 7) is 1.84. The molecule has 0 saturated heterocycles. The van der Waals surface area contributed by atoms with Crippen molar-refractivity contribution in [3.05, 3.63) is 46.4 Å². The van der Waals surface area contributed by atoms with Crippen LogP contribution in [0.1, 0.15) is 5.69 Å². The van der Waals surface area contributed by atoms with Gasteiger partial charge in [0, 0.05) is 16.8 Å². The number of furan rings is 1. The maximum Gasteiger partial charge on any atom is 0.248 e. The molecule has 2 heterocycles. The number of fused-ring (bicyclic) bond motifs is 3. The molecular weight excluding hydrogens is 190 g/mol. The molecule has 0 spiro atoms. The highest BCUT2D eigenvalue weighted by molar-refractivity contribution is 6.05. The molecule has 0 aliphatic rings. The minimum Gasteiger partial charge on any atom is -0.454 e. The van der Waals surface area contributed by atoms with Crippen LogP contribution in [0.5, 0.6) is 0 Å². The Morgan fingerprint density at radius 2 is 2.00 bits per heavy atom. The van der Waals surface area contributed by atoms with E-state index in [9.17, 15) is 4.79 Å². The molecule has 15 heavy (non-hydrogen) atoms. The first kappa shape index (κ1) is 8.29. The molecule has 3 nitrogen and oxygen atoms in total. The standard InChI is InChI=1S/C12H9NO2/c1-7-12-9(6-11(14)13-7)8-4-2-3-5-10(8)15-12/h2-6H,1H3,(H,13,14). The summed E-state index contributed by atoms with van der Waals surface area (Å²) in [7, 11) is 0. The van der Waals surface area contributed by atoms with Crippen molar-refractivity contribution in [1.82, 2.24) is 4.98 Å². The smallest absolute Gasteiger partial charge is 0.248 e. The van der Waals surface area contributed by atoms with Crippen molar-refractivity contribution >= 4 is 21.9 Å². The molecule has 0 amide bonds. The molecule has 1 N–H and O–H groups in total. The summed E-state index contributed by atoms with van der Waals surface area (Å²) in [6.07, 6.45) is 0. The van der Waals surface area contributed by atoms with Crippen LogP contribution < -0.4 is 5.56 Å². The van der Waals surface area contributed by atoms with Crippen LogP contribution >= 0.6 is 0 Å². The summed E-state index contributed by atoms with van der Waals surface area (Å²) in [5, 5.41) is 1.87. The normalized spacial score (nSPS) is 11.3. The van der Waals surface area contributed by atoms with Gasteiger partial charge in [-0.25, -0.2) is 0 Å². The molecule has 0 aliphatic heterocycles. The van der Waals surface area contributed by atoms with Gasteiger partial charge in [0.2, 0.25) is 5.56 Å². The van der Waals surface area contributed by atoms with Gasteiger partial charge in [0.25, 0.3) is 0 Å². The topological polar surface area (TPSA) is 46.0 Å². The van der Waals surface area contributed by atoms with Crippen LogP contribution in [0.15, 0.2) is 39.5 Å². The van der Waals surface area contributed by atoms with E-state index in [0.29, 0.717) is 0 Å². The number of aryl methyl sites for hydroxylation is 1. The second kappa shape index (κ2) is 2.73. The van der Waals surface area contributed by atoms with Gasteiger partial charge in [-0.15, -0.1) is 0 Å². The van der Waals surface area contributed by atoms with E-state index < -0.39 is 0 Å². The summed E-state index contributed by atoms with van der Waals surface area (Å²) >= 11 is 0. The van der Waals surface area contributed by atoms with Gasteiger partial charge in [-0.3, -0.25) is 4.79 Å². The average Bonchev–Trinajstić information content (AvgIpc) is 2.57. The molecule has 3 aromatic rings. The van der Waals surface area contributed by atoms with E-state index in [1.54, 1.807) is 6.07 Å². The quantitative estimate of drug-likeness (QED) is 0.604. The fourth-order valence-electron chi connectivity index (χ4n) is 1.90. The van der Waals surface area contributed by atoms with E-state index >= 15 is 0 Å². The Morgan fingerprint density at radius 3 is 2.87 bits per heavy atom. The lowest BCUT2D eigenvalue weighted by atomic mass is 10.2. The highest BCUT2D eigenvalue weighted by Gasteiger charge is 2.08. The Hall–Kier alpha value is -2.03. The predicted molar refractivity (Wildman–Crippen MR) is 59.1 cm³/mol. The number of nitrogens with one attached hydrogen (secondary N) is 1. The molecule has 0 radical (unpaired) electrons. The molecular formula is C12H9NO2. The molecule has 3 rings (SSSR count). The highest BCUT2D eigenvalue weighted by atomic mass is 16.3. The van der Waals surface area contributed by atoms with Gasteiger partial charge in [-0.2, -0.15) is 0 Å². The van der Waals surface area contributed by atoms with E-state index in [1.807, 2.05) is 31.2 Å². The van der Waals surface area contributed by atoms with Gasteiger partial charge in [0.1, 0.15) is 5.58 Å². The molecule has 0 bridgehead atoms. The third-order valence-electron chi connectivity index (χ3n) is 2.56. The third kappa shape index (κ3) is 1.09. The molecule has 1 aromatic carbocycles. The number of rotatable bonds is 0. The van der Waals surface area contributed by atoms with Crippen LogP contribution in [-0.4, -0.2) is 4.98 Å². The van der Waals surface area contributed by atoms with Gasteiger partial charge in [0.05, 0.1) is 5.69 Å². The number of benzene rings is 1. The minimum atomic E-state index is -0.0912. The Bertz CT molecular complexity index is 706. The van der Waals surface area contributed by atoms with E-state index in [0.717, 1.165) is 27.6 Å². The first-order valence-corrected chi connectivity index (χ1v) is 4.77. The molecule has 0 fully saturated rings. The number of hydrogen-bond donors (Lipinski definition) is 1. The van der Waals surface area contributed by atoms with Crippen molar-refractivity contribution in [3.63, 3.8) is 0 Å². The molecule has 3 heteroatoms. The second-order valence-electron chi connectivity index (χ2n) is 3.60. The summed E-state index contributed by atoms with van der Waals surface area (Å²) < 4.78 is 5.67. The maximum absolute atomic E-state index is 11.3. The first-order chi connectivity index (χ1) is 7.25. The lowest BCUT2D eigenvalue weighted by molar-refractivity contribution is 0.662. The number of H-pyrrole nitrogens is 1. The molecule has 0 atom stereocenters. The fraction of sp³-hybridized carbons (Fsp3) is 0.0833. The van der Waals surface area contributed by atoms with Gasteiger partial charge in [-0.1, -0.05) is 18.2 Å². The molecule has 0 saturated carbocycles. The van der Waals surface area contributed by atoms with Crippen LogP contribution in [0.4, 0.5) is 0 Å². The fourth-order valence-corrected chi connectivity index (χ4v) is 1.90. The Kier molecular flexibility index (Phi) is 1.51. The molecule has 0 unspecified atom stereocenters. The van der Waals surface area contributed by atoms with E-state index in [4.69, 9.17) is 4.42 Å². The zero-order valence-electron chi connectivity index (χ0n) is 8.20. The van der Waals surface area contributed by atoms with Crippen LogP contribution in [0.2, 0.25) is 0 Å². The second-order valence-corrected chi connectivity index (χ2v) is 3.60. The number of aromatic nitrogens is 1. The molecule has 0 aliphatic carbocycles. The van der Waals surface area contributed by atoms with Crippen molar-refractivity contribution < 1.29 is 4.42 Å². The number of para-hydroxylation sites is 1. The zero-order valence-corrected chi connectivity index (χ0v) is 8.20. The van der Waals surface area contributed by atoms with Crippen molar-refractivity contribution in [2.45, 2.75) is 6.92 Å². The van der Waals surface area contributed by atoms with Crippen molar-refractivity contribution in [3.8, 4) is 0 Å². The summed E-state index contributed by atoms with van der Waals surface area (Å²) in [5.41, 5.74) is 2.26. The maximum atomic E-state index is 11.3. The Labute approximate surface area is 85.3 Å². The first-order valence-electron chi connectivity index (χ1n) is 4.77. The monoisotopic (exact) mass is 199 g/mol. The number of pyridine rings is 1. The SMILES string of the molecule is Cc1[nH]c(=O)cc2c1oc1ccccc12. The van der Waals surface area contributed by atoms with Crippen LogP contribution in [0.3, 0.4) is 0 Å². The zero-order chi connectivity index (χ0) is 10.4. The van der Waals surface area contributed by atoms with Gasteiger partial charge in [0.15, 0.2) is 5.58 Å². The van der Waals surface area contributed by atoms with Crippen molar-refractivity contribution in [2.75, 3.05) is 0 Å². The van der Waals surface area contributed by atoms with Gasteiger partial charge >= 0.3 is 0 Å². The Morgan fingerprint density at radius 1 is 1.20 bits per heavy atom. The Balaban J connectivity index is 2.66. The lowest BCUT2D eigenvalue weighted by Crippen LogP contribution is -2.04. The van der Waals surface area contributed by atoms with E-state index in [1.165, 1.54) is 0 Å². The van der Waals surface area contributed by atoms with Gasteiger partial charge < -0.3 is 9.40 Å². The van der Waals surface area contributed by atoms with E-state index in [-0.39, 0.29) is 5.56 Å². The van der Waals surface area contributed by atoms with Crippen molar-refractivity contribution in [2.24, 2.45) is 0 Å². The van der Waals surface area contributed by atoms with Gasteiger partial charge in [-0.05, 0) is 13.0 Å². The minimum absolute atomic E-state index is 0.0912. The lowest BCUT2D eigenvalue weighted by Gasteiger charge is -1.92. The number of aromatic amines is 1. The van der Waals surface area contributed by atoms with Crippen LogP contribution in [0.25, 0.3) is 21.9 Å². The van der Waals surface area contributed by atoms with Crippen molar-refractivity contribution in [1.29, 1.82) is 0 Å². The van der Waals surface area contributed by atoms with Crippen LogP contribution in [0, 0.1) is 6.92 Å². The summed E-state index contributed by atoms with van der Waals surface area (Å²) in [4.78, 5) is 14.1. The van der Waals surface area contributed by atoms with E-state index in [2.05, 4.69) is 4.98 Å².